The molecule has 1 fully saturated rings. The first kappa shape index (κ1) is 62.3. The Labute approximate surface area is 413 Å². The number of hydrogen-bond donors (Lipinski definition) is 6. The number of nitrogens with two attached hydrogens (primary N) is 1. The standard InChI is InChI=1S/C49H79N3O16P2/c1-4-5-6-7-8-9-10-11-12-15-18-21-25-30-40(53)31-26-23-28-32-44(54)63-36-41(66-45(55)33-27-22-19-16-13-14-17-20-24-29-39(2)3)37-64-69(59,60)68-70(61,62)65-38-42-46(56)47(57)48(67-42)52-35-34-43(50)51-49(52)58/h5-6,8-9,11-12,18,21,23,25-26,30,34-35,39-42,46-48,53,56-57H,4,7,10,13-17,19-20,22,24,27-29,31-33,36-38H2,1-3H3,(H,59,60)(H,61,62)(H2,50,51,58)/b6-5-,9-8-,12-11-,21-18-,26-23-,30-25-/t40?,41-,42-,46-,47-,48-/m1/s1. The lowest BCUT2D eigenvalue weighted by Crippen LogP contribution is -2.36. The largest absolute Gasteiger partial charge is 0.481 e. The summed E-state index contributed by atoms with van der Waals surface area (Å²) in [7, 11) is -10.9. The molecule has 1 saturated heterocycles. The van der Waals surface area contributed by atoms with Crippen LogP contribution in [0.15, 0.2) is 90.0 Å². The number of aromatic nitrogens is 2. The van der Waals surface area contributed by atoms with Crippen molar-refractivity contribution in [1.82, 2.24) is 9.55 Å². The molecule has 0 aliphatic carbocycles. The Balaban J connectivity index is 1.86. The van der Waals surface area contributed by atoms with Crippen LogP contribution in [-0.4, -0.2) is 96.9 Å². The average Bonchev–Trinajstić information content (AvgIpc) is 3.58. The Morgan fingerprint density at radius 2 is 1.41 bits per heavy atom. The third kappa shape index (κ3) is 29.5. The second kappa shape index (κ2) is 36.1. The Kier molecular flexibility index (Phi) is 32.1. The van der Waals surface area contributed by atoms with Crippen LogP contribution in [0.2, 0.25) is 0 Å². The van der Waals surface area contributed by atoms with Crippen molar-refractivity contribution in [2.45, 2.75) is 173 Å². The second-order valence-corrected chi connectivity index (χ2v) is 20.3. The molecule has 396 valence electrons. The second-order valence-electron chi connectivity index (χ2n) is 17.3. The fraction of sp³-hybridized carbons (Fsp3) is 0.633. The number of unbranched alkanes of at least 4 members (excludes halogenated alkanes) is 8. The van der Waals surface area contributed by atoms with Crippen LogP contribution in [0.25, 0.3) is 0 Å². The zero-order chi connectivity index (χ0) is 51.6. The molecule has 0 saturated carbocycles. The van der Waals surface area contributed by atoms with Gasteiger partial charge < -0.3 is 45.1 Å². The molecular formula is C49H79N3O16P2. The molecule has 2 heterocycles. The lowest BCUT2D eigenvalue weighted by Gasteiger charge is -2.21. The smallest absolute Gasteiger partial charge is 0.462 e. The van der Waals surface area contributed by atoms with E-state index in [0.29, 0.717) is 18.8 Å². The fourth-order valence-electron chi connectivity index (χ4n) is 6.78. The number of anilines is 1. The van der Waals surface area contributed by atoms with E-state index in [-0.39, 0.29) is 25.1 Å². The number of phosphoric ester groups is 2. The van der Waals surface area contributed by atoms with Gasteiger partial charge in [0.25, 0.3) is 0 Å². The minimum absolute atomic E-state index is 0.00993. The molecule has 0 spiro atoms. The van der Waals surface area contributed by atoms with E-state index in [1.165, 1.54) is 31.7 Å². The molecule has 8 atom stereocenters. The molecule has 1 aliphatic rings. The summed E-state index contributed by atoms with van der Waals surface area (Å²) < 4.78 is 56.5. The van der Waals surface area contributed by atoms with E-state index in [0.717, 1.165) is 68.6 Å². The Bertz CT molecular complexity index is 1990. The number of carbonyl (C=O) groups is 2. The molecule has 0 amide bonds. The zero-order valence-corrected chi connectivity index (χ0v) is 42.9. The van der Waals surface area contributed by atoms with Crippen LogP contribution in [0.3, 0.4) is 0 Å². The summed E-state index contributed by atoms with van der Waals surface area (Å²) in [5.41, 5.74) is 4.57. The third-order valence-corrected chi connectivity index (χ3v) is 13.2. The van der Waals surface area contributed by atoms with Gasteiger partial charge in [-0.1, -0.05) is 151 Å². The molecule has 3 unspecified atom stereocenters. The first-order valence-corrected chi connectivity index (χ1v) is 27.4. The van der Waals surface area contributed by atoms with Crippen molar-refractivity contribution < 1.29 is 71.4 Å². The number of nitrogens with zero attached hydrogens (tertiary/aromatic N) is 2. The van der Waals surface area contributed by atoms with Crippen LogP contribution in [0.4, 0.5) is 5.82 Å². The molecule has 1 aromatic heterocycles. The van der Waals surface area contributed by atoms with Crippen molar-refractivity contribution in [3.8, 4) is 0 Å². The molecule has 70 heavy (non-hydrogen) atoms. The van der Waals surface area contributed by atoms with Gasteiger partial charge in [-0.15, -0.1) is 0 Å². The maximum atomic E-state index is 12.8. The number of rotatable bonds is 38. The highest BCUT2D eigenvalue weighted by Crippen LogP contribution is 2.60. The van der Waals surface area contributed by atoms with E-state index >= 15 is 0 Å². The van der Waals surface area contributed by atoms with Crippen LogP contribution in [0.5, 0.6) is 0 Å². The molecule has 19 nitrogen and oxygen atoms in total. The number of aliphatic hydroxyl groups excluding tert-OH is 3. The van der Waals surface area contributed by atoms with Gasteiger partial charge in [0, 0.05) is 19.0 Å². The monoisotopic (exact) mass is 1030 g/mol. The number of esters is 2. The molecule has 7 N–H and O–H groups in total. The van der Waals surface area contributed by atoms with Crippen LogP contribution >= 0.6 is 15.6 Å². The van der Waals surface area contributed by atoms with Crippen LogP contribution < -0.4 is 11.4 Å². The molecule has 0 bridgehead atoms. The van der Waals surface area contributed by atoms with Gasteiger partial charge in [0.05, 0.1) is 19.3 Å². The number of nitrogen functional groups attached to an aromatic ring is 1. The van der Waals surface area contributed by atoms with Gasteiger partial charge in [0.1, 0.15) is 30.7 Å². The molecule has 1 aliphatic heterocycles. The molecular weight excluding hydrogens is 948 g/mol. The lowest BCUT2D eigenvalue weighted by atomic mass is 10.0. The van der Waals surface area contributed by atoms with Gasteiger partial charge in [0.15, 0.2) is 12.3 Å². The SMILES string of the molecule is CC/C=C\C/C=C\C/C=C\C/C=C\C=C/C(O)C/C=C\CCC(=O)OC[C@H](COP(=O)(O)OP(=O)(O)OC[C@H]1O[C@@H](n2ccc(N)nc2=O)[C@H](O)[C@@H]1O)OC(=O)CCCCCCCCCCCC(C)C. The lowest BCUT2D eigenvalue weighted by molar-refractivity contribution is -0.161. The van der Waals surface area contributed by atoms with E-state index < -0.39 is 89.8 Å². The topological polar surface area (TPSA) is 286 Å². The van der Waals surface area contributed by atoms with Crippen LogP contribution in [0.1, 0.15) is 143 Å². The maximum absolute atomic E-state index is 12.8. The maximum Gasteiger partial charge on any atom is 0.481 e. The van der Waals surface area contributed by atoms with Crippen molar-refractivity contribution >= 4 is 33.4 Å². The summed E-state index contributed by atoms with van der Waals surface area (Å²) in [6.45, 7) is 4.10. The molecule has 1 aromatic rings. The van der Waals surface area contributed by atoms with E-state index in [9.17, 15) is 48.6 Å². The molecule has 0 radical (unpaired) electrons. The van der Waals surface area contributed by atoms with Crippen molar-refractivity contribution in [1.29, 1.82) is 0 Å². The van der Waals surface area contributed by atoms with Gasteiger partial charge in [-0.25, -0.2) is 13.9 Å². The van der Waals surface area contributed by atoms with E-state index in [1.54, 1.807) is 24.3 Å². The van der Waals surface area contributed by atoms with Crippen molar-refractivity contribution in [2.75, 3.05) is 25.6 Å². The van der Waals surface area contributed by atoms with E-state index in [4.69, 9.17) is 29.0 Å². The number of aliphatic hydroxyl groups is 3. The Morgan fingerprint density at radius 1 is 0.800 bits per heavy atom. The molecule has 0 aromatic carbocycles. The van der Waals surface area contributed by atoms with Crippen LogP contribution in [-0.2, 0) is 46.3 Å². The zero-order valence-electron chi connectivity index (χ0n) is 41.1. The molecule has 2 rings (SSSR count). The Hall–Kier alpha value is -3.84. The van der Waals surface area contributed by atoms with Crippen LogP contribution in [0, 0.1) is 5.92 Å². The van der Waals surface area contributed by atoms with E-state index in [1.807, 2.05) is 12.2 Å². The highest BCUT2D eigenvalue weighted by Gasteiger charge is 2.46. The third-order valence-electron chi connectivity index (χ3n) is 10.6. The summed E-state index contributed by atoms with van der Waals surface area (Å²) in [5.74, 6) is -0.777. The van der Waals surface area contributed by atoms with E-state index in [2.05, 4.69) is 66.5 Å². The minimum Gasteiger partial charge on any atom is -0.462 e. The van der Waals surface area contributed by atoms with Gasteiger partial charge in [0.2, 0.25) is 0 Å². The minimum atomic E-state index is -5.46. The number of ether oxygens (including phenoxy) is 3. The normalized spacial score (nSPS) is 20.4. The predicted octanol–water partition coefficient (Wildman–Crippen LogP) is 8.55. The van der Waals surface area contributed by atoms with Gasteiger partial charge in [-0.05, 0) is 56.9 Å². The summed E-state index contributed by atoms with van der Waals surface area (Å²) in [5, 5.41) is 31.1. The summed E-state index contributed by atoms with van der Waals surface area (Å²) in [6.07, 6.45) is 30.5. The van der Waals surface area contributed by atoms with Gasteiger partial charge in [-0.3, -0.25) is 23.2 Å². The number of phosphoric acid groups is 2. The quantitative estimate of drug-likeness (QED) is 0.0119. The first-order chi connectivity index (χ1) is 33.4. The van der Waals surface area contributed by atoms with Crippen molar-refractivity contribution in [2.24, 2.45) is 5.92 Å². The van der Waals surface area contributed by atoms with Gasteiger partial charge >= 0.3 is 33.3 Å². The summed E-state index contributed by atoms with van der Waals surface area (Å²) in [6, 6.07) is 1.24. The Morgan fingerprint density at radius 3 is 2.06 bits per heavy atom. The average molecular weight is 1030 g/mol. The predicted molar refractivity (Wildman–Crippen MR) is 267 cm³/mol. The number of carbonyl (C=O) groups excluding carboxylic acids is 2. The van der Waals surface area contributed by atoms with Crippen molar-refractivity contribution in [3.63, 3.8) is 0 Å². The highest BCUT2D eigenvalue weighted by atomic mass is 31.3. The van der Waals surface area contributed by atoms with Gasteiger partial charge in [-0.2, -0.15) is 9.29 Å². The number of allylic oxidation sites excluding steroid dienone is 10. The summed E-state index contributed by atoms with van der Waals surface area (Å²) >= 11 is 0. The molecule has 21 heteroatoms. The highest BCUT2D eigenvalue weighted by molar-refractivity contribution is 7.61. The fourth-order valence-corrected chi connectivity index (χ4v) is 8.89. The summed E-state index contributed by atoms with van der Waals surface area (Å²) in [4.78, 5) is 61.8. The first-order valence-electron chi connectivity index (χ1n) is 24.4. The van der Waals surface area contributed by atoms with Crippen molar-refractivity contribution in [3.05, 3.63) is 95.7 Å². The number of hydrogen-bond acceptors (Lipinski definition) is 16.